The molecule has 1 fully saturated rings. The Hall–Kier alpha value is -0.340. The van der Waals surface area contributed by atoms with Crippen LogP contribution in [0.4, 0.5) is 0 Å². The zero-order valence-corrected chi connectivity index (χ0v) is 11.0. The molecule has 0 radical (unpaired) electrons. The van der Waals surface area contributed by atoms with E-state index in [0.717, 1.165) is 12.5 Å². The van der Waals surface area contributed by atoms with Crippen LogP contribution in [0.25, 0.3) is 0 Å². The summed E-state index contributed by atoms with van der Waals surface area (Å²) in [6.07, 6.45) is 9.81. The van der Waals surface area contributed by atoms with Crippen molar-refractivity contribution in [3.8, 4) is 0 Å². The van der Waals surface area contributed by atoms with Gasteiger partial charge < -0.3 is 10.2 Å². The molecule has 1 aliphatic rings. The summed E-state index contributed by atoms with van der Waals surface area (Å²) in [4.78, 5) is 2.47. The van der Waals surface area contributed by atoms with E-state index < -0.39 is 0 Å². The number of rotatable bonds is 10. The summed E-state index contributed by atoms with van der Waals surface area (Å²) in [5.41, 5.74) is 0. The lowest BCUT2D eigenvalue weighted by Gasteiger charge is -2.24. The number of nitrogens with one attached hydrogen (secondary N) is 1. The zero-order chi connectivity index (χ0) is 11.8. The lowest BCUT2D eigenvalue weighted by molar-refractivity contribution is 0.240. The highest BCUT2D eigenvalue weighted by Gasteiger charge is 2.19. The molecule has 1 N–H and O–H groups in total. The van der Waals surface area contributed by atoms with Crippen LogP contribution in [0.15, 0.2) is 12.7 Å². The Labute approximate surface area is 101 Å². The molecular formula is C14H28N2. The normalized spacial score (nSPS) is 17.7. The van der Waals surface area contributed by atoms with Gasteiger partial charge in [0.15, 0.2) is 0 Å². The number of hydrogen-bond donors (Lipinski definition) is 1. The van der Waals surface area contributed by atoms with Gasteiger partial charge in [0.1, 0.15) is 0 Å². The maximum Gasteiger partial charge on any atom is 0.00682 e. The Morgan fingerprint density at radius 1 is 1.44 bits per heavy atom. The SMILES string of the molecule is C=CCCCN(C)C(C)CCCNC1CC1. The smallest absolute Gasteiger partial charge is 0.00682 e. The van der Waals surface area contributed by atoms with Crippen molar-refractivity contribution < 1.29 is 0 Å². The minimum Gasteiger partial charge on any atom is -0.314 e. The van der Waals surface area contributed by atoms with Gasteiger partial charge >= 0.3 is 0 Å². The molecule has 0 bridgehead atoms. The lowest BCUT2D eigenvalue weighted by atomic mass is 10.1. The first kappa shape index (κ1) is 13.7. The molecule has 2 heteroatoms. The van der Waals surface area contributed by atoms with Gasteiger partial charge in [0.05, 0.1) is 0 Å². The van der Waals surface area contributed by atoms with Crippen LogP contribution in [0.1, 0.15) is 45.4 Å². The molecule has 16 heavy (non-hydrogen) atoms. The van der Waals surface area contributed by atoms with Crippen LogP contribution in [0.5, 0.6) is 0 Å². The Balaban J connectivity index is 1.93. The van der Waals surface area contributed by atoms with Gasteiger partial charge in [-0.15, -0.1) is 6.58 Å². The fraction of sp³-hybridized carbons (Fsp3) is 0.857. The molecule has 0 spiro atoms. The van der Waals surface area contributed by atoms with E-state index in [9.17, 15) is 0 Å². The van der Waals surface area contributed by atoms with Crippen LogP contribution in [0.2, 0.25) is 0 Å². The summed E-state index contributed by atoms with van der Waals surface area (Å²) < 4.78 is 0. The van der Waals surface area contributed by atoms with Gasteiger partial charge in [-0.1, -0.05) is 6.08 Å². The molecule has 1 atom stereocenters. The molecule has 1 rings (SSSR count). The minimum atomic E-state index is 0.714. The Kier molecular flexibility index (Phi) is 6.74. The van der Waals surface area contributed by atoms with Crippen LogP contribution in [0.3, 0.4) is 0 Å². The maximum absolute atomic E-state index is 3.76. The first-order chi connectivity index (χ1) is 7.74. The molecule has 0 heterocycles. The van der Waals surface area contributed by atoms with Crippen molar-refractivity contribution in [1.82, 2.24) is 10.2 Å². The van der Waals surface area contributed by atoms with Crippen LogP contribution in [-0.4, -0.2) is 37.1 Å². The third-order valence-electron chi connectivity index (χ3n) is 3.48. The summed E-state index contributed by atoms with van der Waals surface area (Å²) in [7, 11) is 2.24. The van der Waals surface area contributed by atoms with E-state index in [1.165, 1.54) is 45.2 Å². The molecule has 0 aromatic rings. The summed E-state index contributed by atoms with van der Waals surface area (Å²) in [6, 6.07) is 1.58. The third kappa shape index (κ3) is 6.29. The summed E-state index contributed by atoms with van der Waals surface area (Å²) in [5, 5.41) is 3.57. The van der Waals surface area contributed by atoms with E-state index in [1.807, 2.05) is 6.08 Å². The second-order valence-electron chi connectivity index (χ2n) is 5.13. The Morgan fingerprint density at radius 2 is 2.19 bits per heavy atom. The Morgan fingerprint density at radius 3 is 2.81 bits per heavy atom. The number of allylic oxidation sites excluding steroid dienone is 1. The van der Waals surface area contributed by atoms with Crippen LogP contribution in [0, 0.1) is 0 Å². The van der Waals surface area contributed by atoms with Crippen LogP contribution in [-0.2, 0) is 0 Å². The van der Waals surface area contributed by atoms with E-state index >= 15 is 0 Å². The summed E-state index contributed by atoms with van der Waals surface area (Å²) in [5.74, 6) is 0. The van der Waals surface area contributed by atoms with Crippen molar-refractivity contribution >= 4 is 0 Å². The Bertz CT molecular complexity index is 187. The first-order valence-corrected chi connectivity index (χ1v) is 6.78. The van der Waals surface area contributed by atoms with Gasteiger partial charge in [-0.25, -0.2) is 0 Å². The number of nitrogens with zero attached hydrogens (tertiary/aromatic N) is 1. The van der Waals surface area contributed by atoms with Crippen molar-refractivity contribution in [3.63, 3.8) is 0 Å². The zero-order valence-electron chi connectivity index (χ0n) is 11.0. The molecule has 0 amide bonds. The molecule has 0 saturated heterocycles. The van der Waals surface area contributed by atoms with Crippen molar-refractivity contribution in [2.24, 2.45) is 0 Å². The standard InChI is InChI=1S/C14H28N2/c1-4-5-6-12-16(3)13(2)8-7-11-15-14-9-10-14/h4,13-15H,1,5-12H2,2-3H3. The fourth-order valence-corrected chi connectivity index (χ4v) is 1.92. The molecular weight excluding hydrogens is 196 g/mol. The van der Waals surface area contributed by atoms with Gasteiger partial charge in [0.2, 0.25) is 0 Å². The molecule has 2 nitrogen and oxygen atoms in total. The molecule has 0 aliphatic heterocycles. The molecule has 0 aromatic carbocycles. The monoisotopic (exact) mass is 224 g/mol. The number of hydrogen-bond acceptors (Lipinski definition) is 2. The lowest BCUT2D eigenvalue weighted by Crippen LogP contribution is -2.31. The van der Waals surface area contributed by atoms with E-state index in [-0.39, 0.29) is 0 Å². The highest BCUT2D eigenvalue weighted by Crippen LogP contribution is 2.18. The second-order valence-corrected chi connectivity index (χ2v) is 5.13. The summed E-state index contributed by atoms with van der Waals surface area (Å²) in [6.45, 7) is 8.50. The first-order valence-electron chi connectivity index (χ1n) is 6.78. The second kappa shape index (κ2) is 7.86. The molecule has 1 saturated carbocycles. The van der Waals surface area contributed by atoms with Gasteiger partial charge in [-0.3, -0.25) is 0 Å². The topological polar surface area (TPSA) is 15.3 Å². The van der Waals surface area contributed by atoms with E-state index in [4.69, 9.17) is 0 Å². The minimum absolute atomic E-state index is 0.714. The van der Waals surface area contributed by atoms with Crippen molar-refractivity contribution in [2.75, 3.05) is 20.1 Å². The average Bonchev–Trinajstić information content (AvgIpc) is 3.08. The van der Waals surface area contributed by atoms with Crippen molar-refractivity contribution in [2.45, 2.75) is 57.5 Å². The fourth-order valence-electron chi connectivity index (χ4n) is 1.92. The van der Waals surface area contributed by atoms with Gasteiger partial charge in [0.25, 0.3) is 0 Å². The highest BCUT2D eigenvalue weighted by atomic mass is 15.1. The highest BCUT2D eigenvalue weighted by molar-refractivity contribution is 4.80. The molecule has 94 valence electrons. The predicted molar refractivity (Wildman–Crippen MR) is 71.8 cm³/mol. The largest absolute Gasteiger partial charge is 0.314 e. The number of unbranched alkanes of at least 4 members (excludes halogenated alkanes) is 1. The molecule has 0 aromatic heterocycles. The van der Waals surface area contributed by atoms with Crippen molar-refractivity contribution in [1.29, 1.82) is 0 Å². The van der Waals surface area contributed by atoms with E-state index in [2.05, 4.69) is 30.8 Å². The average molecular weight is 224 g/mol. The van der Waals surface area contributed by atoms with Crippen molar-refractivity contribution in [3.05, 3.63) is 12.7 Å². The van der Waals surface area contributed by atoms with E-state index in [1.54, 1.807) is 0 Å². The van der Waals surface area contributed by atoms with Gasteiger partial charge in [-0.05, 0) is 65.6 Å². The van der Waals surface area contributed by atoms with Crippen LogP contribution < -0.4 is 5.32 Å². The van der Waals surface area contributed by atoms with Gasteiger partial charge in [0, 0.05) is 12.1 Å². The van der Waals surface area contributed by atoms with Gasteiger partial charge in [-0.2, -0.15) is 0 Å². The quantitative estimate of drug-likeness (QED) is 0.453. The maximum atomic E-state index is 3.76. The van der Waals surface area contributed by atoms with E-state index in [0.29, 0.717) is 6.04 Å². The molecule has 1 aliphatic carbocycles. The molecule has 1 unspecified atom stereocenters. The van der Waals surface area contributed by atoms with Crippen LogP contribution >= 0.6 is 0 Å². The summed E-state index contributed by atoms with van der Waals surface area (Å²) >= 11 is 0. The predicted octanol–water partition coefficient (Wildman–Crippen LogP) is 2.81. The third-order valence-corrected chi connectivity index (χ3v) is 3.48.